The van der Waals surface area contributed by atoms with Gasteiger partial charge >= 0.3 is 0 Å². The van der Waals surface area contributed by atoms with Crippen LogP contribution in [0.3, 0.4) is 0 Å². The third-order valence-corrected chi connectivity index (χ3v) is 4.50. The van der Waals surface area contributed by atoms with Gasteiger partial charge in [0, 0.05) is 13.2 Å². The molecule has 17 heavy (non-hydrogen) atoms. The van der Waals surface area contributed by atoms with Crippen LogP contribution >= 0.6 is 0 Å². The maximum absolute atomic E-state index is 8.09. The summed E-state index contributed by atoms with van der Waals surface area (Å²) in [6.07, 6.45) is 12.2. The van der Waals surface area contributed by atoms with Gasteiger partial charge in [-0.2, -0.15) is 0 Å². The number of unbranched alkanes of at least 4 members (excludes halogenated alkanes) is 1. The highest BCUT2D eigenvalue weighted by molar-refractivity contribution is 4.82. The van der Waals surface area contributed by atoms with Crippen LogP contribution in [0.15, 0.2) is 0 Å². The fourth-order valence-corrected chi connectivity index (χ4v) is 3.48. The Labute approximate surface area is 106 Å². The number of rotatable bonds is 3. The van der Waals surface area contributed by atoms with Gasteiger partial charge in [-0.25, -0.2) is 0 Å². The predicted molar refractivity (Wildman–Crippen MR) is 71.9 cm³/mol. The summed E-state index contributed by atoms with van der Waals surface area (Å²) < 4.78 is 0. The van der Waals surface area contributed by atoms with E-state index < -0.39 is 0 Å². The highest BCUT2D eigenvalue weighted by Gasteiger charge is 2.31. The van der Waals surface area contributed by atoms with E-state index in [0.717, 1.165) is 30.6 Å². The molecule has 2 nitrogen and oxygen atoms in total. The third-order valence-electron chi connectivity index (χ3n) is 4.50. The molecule has 102 valence electrons. The molecule has 2 aliphatic rings. The highest BCUT2D eigenvalue weighted by Crippen LogP contribution is 2.43. The van der Waals surface area contributed by atoms with Crippen LogP contribution in [0, 0.1) is 17.8 Å². The first-order chi connectivity index (χ1) is 8.29. The molecule has 0 bridgehead atoms. The summed E-state index contributed by atoms with van der Waals surface area (Å²) >= 11 is 0. The Bertz CT molecular complexity index is 176. The third kappa shape index (κ3) is 5.39. The van der Waals surface area contributed by atoms with Crippen molar-refractivity contribution in [3.63, 3.8) is 0 Å². The van der Waals surface area contributed by atoms with Crippen LogP contribution in [-0.2, 0) is 0 Å². The lowest BCUT2D eigenvalue weighted by Gasteiger charge is -2.39. The molecule has 0 heterocycles. The number of hydrogen-bond acceptors (Lipinski definition) is 2. The van der Waals surface area contributed by atoms with E-state index in [-0.39, 0.29) is 13.2 Å². The molecule has 0 aromatic carbocycles. The van der Waals surface area contributed by atoms with Crippen LogP contribution in [0.5, 0.6) is 0 Å². The smallest absolute Gasteiger partial charge is 0.0431 e. The lowest BCUT2D eigenvalue weighted by Crippen LogP contribution is -2.29. The second kappa shape index (κ2) is 8.93. The van der Waals surface area contributed by atoms with Crippen LogP contribution in [0.4, 0.5) is 0 Å². The van der Waals surface area contributed by atoms with Gasteiger partial charge in [0.05, 0.1) is 0 Å². The number of fused-ring (bicyclic) bond motifs is 1. The molecule has 0 spiro atoms. The summed E-state index contributed by atoms with van der Waals surface area (Å²) in [4.78, 5) is 0. The van der Waals surface area contributed by atoms with Crippen LogP contribution in [0.1, 0.15) is 64.7 Å². The summed E-state index contributed by atoms with van der Waals surface area (Å²) in [6.45, 7) is 2.86. The quantitative estimate of drug-likeness (QED) is 0.745. The molecule has 2 fully saturated rings. The standard InChI is InChI=1S/C11H20.C4H10O2/c1-9-5-4-7-10-6-2-3-8-11(9)10;5-3-1-2-4-6/h9-11H,2-8H2,1H3;5-6H,1-4H2. The summed E-state index contributed by atoms with van der Waals surface area (Å²) in [5.74, 6) is 3.30. The molecule has 3 unspecified atom stereocenters. The number of aliphatic hydroxyl groups is 2. The van der Waals surface area contributed by atoms with Crippen LogP contribution in [0.25, 0.3) is 0 Å². The zero-order chi connectivity index (χ0) is 12.5. The summed E-state index contributed by atoms with van der Waals surface area (Å²) in [6, 6.07) is 0. The molecule has 2 heteroatoms. The fraction of sp³-hybridized carbons (Fsp3) is 1.00. The van der Waals surface area contributed by atoms with Gasteiger partial charge < -0.3 is 10.2 Å². The van der Waals surface area contributed by atoms with Gasteiger partial charge in [0.2, 0.25) is 0 Å². The molecule has 0 aliphatic heterocycles. The van der Waals surface area contributed by atoms with E-state index in [2.05, 4.69) is 6.92 Å². The Morgan fingerprint density at radius 3 is 2.00 bits per heavy atom. The first kappa shape index (κ1) is 15.0. The lowest BCUT2D eigenvalue weighted by molar-refractivity contribution is 0.114. The Morgan fingerprint density at radius 2 is 1.41 bits per heavy atom. The van der Waals surface area contributed by atoms with Crippen molar-refractivity contribution >= 4 is 0 Å². The first-order valence-electron chi connectivity index (χ1n) is 7.51. The molecule has 2 saturated carbocycles. The second-order valence-electron chi connectivity index (χ2n) is 5.77. The van der Waals surface area contributed by atoms with Crippen molar-refractivity contribution in [1.29, 1.82) is 0 Å². The average Bonchev–Trinajstić information content (AvgIpc) is 2.38. The zero-order valence-corrected chi connectivity index (χ0v) is 11.4. The summed E-state index contributed by atoms with van der Waals surface area (Å²) in [7, 11) is 0. The number of aliphatic hydroxyl groups excluding tert-OH is 2. The van der Waals surface area contributed by atoms with Crippen molar-refractivity contribution in [3.8, 4) is 0 Å². The van der Waals surface area contributed by atoms with E-state index >= 15 is 0 Å². The van der Waals surface area contributed by atoms with Crippen LogP contribution < -0.4 is 0 Å². The molecule has 0 saturated heterocycles. The van der Waals surface area contributed by atoms with Crippen LogP contribution in [-0.4, -0.2) is 23.4 Å². The molecule has 3 atom stereocenters. The van der Waals surface area contributed by atoms with E-state index in [1.807, 2.05) is 0 Å². The van der Waals surface area contributed by atoms with Gasteiger partial charge in [-0.05, 0) is 37.0 Å². The van der Waals surface area contributed by atoms with Gasteiger partial charge in [0.1, 0.15) is 0 Å². The van der Waals surface area contributed by atoms with Gasteiger partial charge in [0.25, 0.3) is 0 Å². The molecular weight excluding hydrogens is 212 g/mol. The lowest BCUT2D eigenvalue weighted by atomic mass is 9.66. The Hall–Kier alpha value is -0.0800. The number of hydrogen-bond donors (Lipinski definition) is 2. The SMILES string of the molecule is CC1CCCC2CCCCC12.OCCCCO. The van der Waals surface area contributed by atoms with Crippen molar-refractivity contribution in [2.75, 3.05) is 13.2 Å². The van der Waals surface area contributed by atoms with Gasteiger partial charge in [-0.15, -0.1) is 0 Å². The topological polar surface area (TPSA) is 40.5 Å². The molecular formula is C15H30O2. The Balaban J connectivity index is 0.000000209. The minimum atomic E-state index is 0.195. The first-order valence-corrected chi connectivity index (χ1v) is 7.51. The van der Waals surface area contributed by atoms with Crippen molar-refractivity contribution in [1.82, 2.24) is 0 Å². The average molecular weight is 242 g/mol. The molecule has 2 rings (SSSR count). The Kier molecular flexibility index (Phi) is 7.87. The monoisotopic (exact) mass is 242 g/mol. The predicted octanol–water partition coefficient (Wildman–Crippen LogP) is 3.36. The summed E-state index contributed by atoms with van der Waals surface area (Å²) in [5, 5.41) is 16.2. The molecule has 0 aromatic rings. The zero-order valence-electron chi connectivity index (χ0n) is 11.4. The maximum atomic E-state index is 8.09. The molecule has 0 aromatic heterocycles. The van der Waals surface area contributed by atoms with E-state index in [1.165, 1.54) is 25.7 Å². The van der Waals surface area contributed by atoms with Gasteiger partial charge in [0.15, 0.2) is 0 Å². The van der Waals surface area contributed by atoms with E-state index in [9.17, 15) is 0 Å². The molecule has 2 N–H and O–H groups in total. The molecule has 0 radical (unpaired) electrons. The van der Waals surface area contributed by atoms with E-state index in [0.29, 0.717) is 0 Å². The molecule has 2 aliphatic carbocycles. The summed E-state index contributed by atoms with van der Waals surface area (Å²) in [5.41, 5.74) is 0. The van der Waals surface area contributed by atoms with Crippen molar-refractivity contribution in [3.05, 3.63) is 0 Å². The minimum Gasteiger partial charge on any atom is -0.396 e. The van der Waals surface area contributed by atoms with Gasteiger partial charge in [-0.3, -0.25) is 0 Å². The van der Waals surface area contributed by atoms with Crippen molar-refractivity contribution < 1.29 is 10.2 Å². The maximum Gasteiger partial charge on any atom is 0.0431 e. The molecule has 0 amide bonds. The van der Waals surface area contributed by atoms with Gasteiger partial charge in [-0.1, -0.05) is 45.4 Å². The van der Waals surface area contributed by atoms with Crippen molar-refractivity contribution in [2.24, 2.45) is 17.8 Å². The largest absolute Gasteiger partial charge is 0.396 e. The Morgan fingerprint density at radius 1 is 0.824 bits per heavy atom. The van der Waals surface area contributed by atoms with Crippen LogP contribution in [0.2, 0.25) is 0 Å². The highest BCUT2D eigenvalue weighted by atomic mass is 16.3. The van der Waals surface area contributed by atoms with E-state index in [4.69, 9.17) is 10.2 Å². The normalized spacial score (nSPS) is 32.3. The fourth-order valence-electron chi connectivity index (χ4n) is 3.48. The van der Waals surface area contributed by atoms with Crippen molar-refractivity contribution in [2.45, 2.75) is 64.7 Å². The van der Waals surface area contributed by atoms with E-state index in [1.54, 1.807) is 19.3 Å². The second-order valence-corrected chi connectivity index (χ2v) is 5.77. The minimum absolute atomic E-state index is 0.195.